The number of nitrogens with two attached hydrogens (primary N) is 1. The number of benzene rings is 1. The highest BCUT2D eigenvalue weighted by Gasteiger charge is 2.13. The van der Waals surface area contributed by atoms with Gasteiger partial charge in [-0.05, 0) is 19.1 Å². The summed E-state index contributed by atoms with van der Waals surface area (Å²) in [5, 5.41) is 14.2. The molecule has 0 aliphatic heterocycles. The first-order valence-corrected chi connectivity index (χ1v) is 6.60. The first-order valence-electron chi connectivity index (χ1n) is 6.60. The first-order chi connectivity index (χ1) is 10.6. The van der Waals surface area contributed by atoms with E-state index in [9.17, 15) is 4.79 Å². The number of hydrogen-bond acceptors (Lipinski definition) is 5. The summed E-state index contributed by atoms with van der Waals surface area (Å²) in [6.07, 6.45) is 0. The third kappa shape index (κ3) is 3.64. The van der Waals surface area contributed by atoms with E-state index in [1.165, 1.54) is 6.07 Å². The Balaban J connectivity index is 2.16. The van der Waals surface area contributed by atoms with Crippen LogP contribution in [0.2, 0.25) is 0 Å². The van der Waals surface area contributed by atoms with Crippen molar-refractivity contribution in [3.05, 3.63) is 42.0 Å². The Morgan fingerprint density at radius 2 is 2.09 bits per heavy atom. The Bertz CT molecular complexity index is 710. The zero-order chi connectivity index (χ0) is 15.9. The fourth-order valence-electron chi connectivity index (χ4n) is 1.76. The van der Waals surface area contributed by atoms with Crippen molar-refractivity contribution in [2.75, 3.05) is 23.0 Å². The van der Waals surface area contributed by atoms with Crippen LogP contribution in [0.25, 0.3) is 0 Å². The molecule has 0 spiro atoms. The van der Waals surface area contributed by atoms with Gasteiger partial charge in [-0.25, -0.2) is 4.79 Å². The van der Waals surface area contributed by atoms with Gasteiger partial charge in [-0.3, -0.25) is 5.32 Å². The summed E-state index contributed by atoms with van der Waals surface area (Å²) in [4.78, 5) is 16.0. The Kier molecular flexibility index (Phi) is 4.78. The number of nitrogen functional groups attached to an aromatic ring is 1. The van der Waals surface area contributed by atoms with Crippen molar-refractivity contribution < 1.29 is 9.53 Å². The maximum atomic E-state index is 11.9. The van der Waals surface area contributed by atoms with Crippen molar-refractivity contribution in [3.63, 3.8) is 0 Å². The molecule has 2 aromatic rings. The van der Waals surface area contributed by atoms with Crippen LogP contribution in [0.4, 0.5) is 22.0 Å². The van der Waals surface area contributed by atoms with Gasteiger partial charge in [-0.15, -0.1) is 0 Å². The molecule has 0 saturated carbocycles. The van der Waals surface area contributed by atoms with Crippen molar-refractivity contribution in [1.82, 2.24) is 4.98 Å². The Morgan fingerprint density at radius 3 is 2.73 bits per heavy atom. The second-order valence-electron chi connectivity index (χ2n) is 4.27. The van der Waals surface area contributed by atoms with Crippen LogP contribution in [0.5, 0.6) is 5.88 Å². The molecule has 0 unspecified atom stereocenters. The number of anilines is 3. The molecule has 1 aromatic heterocycles. The van der Waals surface area contributed by atoms with E-state index >= 15 is 0 Å². The number of nitrogens with one attached hydrogen (secondary N) is 2. The van der Waals surface area contributed by atoms with Crippen LogP contribution in [0.15, 0.2) is 36.4 Å². The zero-order valence-electron chi connectivity index (χ0n) is 12.0. The second-order valence-corrected chi connectivity index (χ2v) is 4.27. The summed E-state index contributed by atoms with van der Waals surface area (Å²) in [5.41, 5.74) is 6.76. The summed E-state index contributed by atoms with van der Waals surface area (Å²) in [5.74, 6) is 0.299. The SMILES string of the molecule is CCOc1nc(NC(=O)Nc2ccccc2)cc(N)c1C#N. The Hall–Kier alpha value is -3.27. The average Bonchev–Trinajstić information content (AvgIpc) is 2.48. The van der Waals surface area contributed by atoms with Crippen molar-refractivity contribution in [3.8, 4) is 11.9 Å². The summed E-state index contributed by atoms with van der Waals surface area (Å²) in [6, 6.07) is 11.8. The number of nitriles is 1. The third-order valence-corrected chi connectivity index (χ3v) is 2.68. The average molecular weight is 297 g/mol. The third-order valence-electron chi connectivity index (χ3n) is 2.68. The number of pyridine rings is 1. The summed E-state index contributed by atoms with van der Waals surface area (Å²) >= 11 is 0. The number of carbonyl (C=O) groups is 1. The number of carbonyl (C=O) groups excluding carboxylic acids is 1. The highest BCUT2D eigenvalue weighted by atomic mass is 16.5. The van der Waals surface area contributed by atoms with E-state index in [-0.39, 0.29) is 22.9 Å². The van der Waals surface area contributed by atoms with E-state index in [1.54, 1.807) is 31.2 Å². The van der Waals surface area contributed by atoms with Gasteiger partial charge in [0.2, 0.25) is 5.88 Å². The molecular weight excluding hydrogens is 282 g/mol. The fraction of sp³-hybridized carbons (Fsp3) is 0.133. The van der Waals surface area contributed by atoms with Gasteiger partial charge in [0, 0.05) is 11.8 Å². The molecule has 0 aliphatic carbocycles. The van der Waals surface area contributed by atoms with Gasteiger partial charge in [0.15, 0.2) is 0 Å². The number of hydrogen-bond donors (Lipinski definition) is 3. The standard InChI is InChI=1S/C15H15N5O2/c1-2-22-14-11(9-16)12(17)8-13(19-14)20-15(21)18-10-6-4-3-5-7-10/h3-8H,2H2,1H3,(H4,17,18,19,20,21). The molecule has 4 N–H and O–H groups in total. The monoisotopic (exact) mass is 297 g/mol. The maximum absolute atomic E-state index is 11.9. The number of aromatic nitrogens is 1. The summed E-state index contributed by atoms with van der Waals surface area (Å²) < 4.78 is 5.26. The quantitative estimate of drug-likeness (QED) is 0.802. The van der Waals surface area contributed by atoms with E-state index in [4.69, 9.17) is 15.7 Å². The number of nitrogens with zero attached hydrogens (tertiary/aromatic N) is 2. The van der Waals surface area contributed by atoms with E-state index in [0.717, 1.165) is 0 Å². The van der Waals surface area contributed by atoms with Crippen LogP contribution in [0.1, 0.15) is 12.5 Å². The van der Waals surface area contributed by atoms with Crippen LogP contribution in [-0.2, 0) is 0 Å². The molecule has 7 nitrogen and oxygen atoms in total. The van der Waals surface area contributed by atoms with Crippen LogP contribution in [0.3, 0.4) is 0 Å². The molecule has 2 rings (SSSR count). The van der Waals surface area contributed by atoms with Gasteiger partial charge in [0.05, 0.1) is 12.3 Å². The van der Waals surface area contributed by atoms with Crippen LogP contribution in [-0.4, -0.2) is 17.6 Å². The molecule has 0 fully saturated rings. The van der Waals surface area contributed by atoms with Gasteiger partial charge in [0.1, 0.15) is 17.5 Å². The zero-order valence-corrected chi connectivity index (χ0v) is 12.0. The predicted molar refractivity (Wildman–Crippen MR) is 83.6 cm³/mol. The molecule has 112 valence electrons. The highest BCUT2D eigenvalue weighted by Crippen LogP contribution is 2.25. The number of amides is 2. The Labute approximate surface area is 127 Å². The van der Waals surface area contributed by atoms with Crippen molar-refractivity contribution in [1.29, 1.82) is 5.26 Å². The lowest BCUT2D eigenvalue weighted by atomic mass is 10.2. The predicted octanol–water partition coefficient (Wildman–Crippen LogP) is 2.58. The lowest BCUT2D eigenvalue weighted by molar-refractivity contribution is 0.262. The van der Waals surface area contributed by atoms with Gasteiger partial charge >= 0.3 is 6.03 Å². The van der Waals surface area contributed by atoms with Crippen LogP contribution < -0.4 is 21.1 Å². The number of para-hydroxylation sites is 1. The van der Waals surface area contributed by atoms with Crippen LogP contribution in [0, 0.1) is 11.3 Å². The lowest BCUT2D eigenvalue weighted by Crippen LogP contribution is -2.20. The first kappa shape index (κ1) is 15.1. The number of ether oxygens (including phenoxy) is 1. The molecule has 7 heteroatoms. The maximum Gasteiger partial charge on any atom is 0.324 e. The Morgan fingerprint density at radius 1 is 1.36 bits per heavy atom. The van der Waals surface area contributed by atoms with Gasteiger partial charge < -0.3 is 15.8 Å². The molecular formula is C15H15N5O2. The molecule has 1 aromatic carbocycles. The van der Waals surface area contributed by atoms with Crippen LogP contribution >= 0.6 is 0 Å². The minimum Gasteiger partial charge on any atom is -0.477 e. The smallest absolute Gasteiger partial charge is 0.324 e. The van der Waals surface area contributed by atoms with Crippen molar-refractivity contribution >= 4 is 23.2 Å². The minimum absolute atomic E-state index is 0.0972. The van der Waals surface area contributed by atoms with E-state index in [2.05, 4.69) is 15.6 Å². The van der Waals surface area contributed by atoms with Gasteiger partial charge in [-0.2, -0.15) is 10.2 Å². The van der Waals surface area contributed by atoms with E-state index < -0.39 is 6.03 Å². The van der Waals surface area contributed by atoms with Crippen molar-refractivity contribution in [2.24, 2.45) is 0 Å². The molecule has 0 saturated heterocycles. The lowest BCUT2D eigenvalue weighted by Gasteiger charge is -2.11. The van der Waals surface area contributed by atoms with E-state index in [1.807, 2.05) is 12.1 Å². The molecule has 1 heterocycles. The molecule has 0 atom stereocenters. The highest BCUT2D eigenvalue weighted by molar-refractivity contribution is 5.99. The number of urea groups is 1. The van der Waals surface area contributed by atoms with Gasteiger partial charge in [0.25, 0.3) is 0 Å². The normalized spacial score (nSPS) is 9.64. The number of rotatable bonds is 4. The molecule has 0 aliphatic rings. The molecule has 2 amide bonds. The molecule has 0 bridgehead atoms. The van der Waals surface area contributed by atoms with E-state index in [0.29, 0.717) is 12.3 Å². The second kappa shape index (κ2) is 6.95. The minimum atomic E-state index is -0.467. The van der Waals surface area contributed by atoms with Gasteiger partial charge in [-0.1, -0.05) is 18.2 Å². The summed E-state index contributed by atoms with van der Waals surface area (Å²) in [6.45, 7) is 2.10. The fourth-order valence-corrected chi connectivity index (χ4v) is 1.76. The summed E-state index contributed by atoms with van der Waals surface area (Å²) in [7, 11) is 0. The molecule has 0 radical (unpaired) electrons. The van der Waals surface area contributed by atoms with Crippen molar-refractivity contribution in [2.45, 2.75) is 6.92 Å². The molecule has 22 heavy (non-hydrogen) atoms. The topological polar surface area (TPSA) is 113 Å². The largest absolute Gasteiger partial charge is 0.477 e.